The second-order valence-corrected chi connectivity index (χ2v) is 6.98. The molecule has 0 aliphatic rings. The Bertz CT molecular complexity index is 771. The van der Waals surface area contributed by atoms with Crippen LogP contribution in [0.5, 0.6) is 0 Å². The number of carbonyl (C=O) groups excluding carboxylic acids is 2. The number of carbonyl (C=O) groups is 2. The Kier molecular flexibility index (Phi) is 6.66. The van der Waals surface area contributed by atoms with E-state index in [1.165, 1.54) is 11.3 Å². The minimum Gasteiger partial charge on any atom is -0.383 e. The molecule has 1 aromatic heterocycles. The first-order valence-corrected chi connectivity index (χ1v) is 8.83. The maximum absolute atomic E-state index is 12.3. The van der Waals surface area contributed by atoms with Crippen LogP contribution in [0.3, 0.4) is 0 Å². The highest BCUT2D eigenvalue weighted by molar-refractivity contribution is 7.11. The number of amides is 2. The minimum atomic E-state index is -0.181. The van der Waals surface area contributed by atoms with Gasteiger partial charge in [-0.05, 0) is 38.5 Å². The zero-order chi connectivity index (χ0) is 18.4. The molecule has 0 saturated carbocycles. The van der Waals surface area contributed by atoms with Gasteiger partial charge in [-0.2, -0.15) is 0 Å². The van der Waals surface area contributed by atoms with E-state index in [0.717, 1.165) is 21.1 Å². The summed E-state index contributed by atoms with van der Waals surface area (Å²) in [5, 5.41) is 6.63. The van der Waals surface area contributed by atoms with Gasteiger partial charge in [-0.25, -0.2) is 4.98 Å². The van der Waals surface area contributed by atoms with Crippen molar-refractivity contribution in [3.05, 3.63) is 44.9 Å². The van der Waals surface area contributed by atoms with E-state index in [2.05, 4.69) is 15.6 Å². The van der Waals surface area contributed by atoms with Crippen LogP contribution in [0.4, 0.5) is 5.69 Å². The number of rotatable bonds is 7. The van der Waals surface area contributed by atoms with Crippen molar-refractivity contribution in [2.24, 2.45) is 0 Å². The number of ether oxygens (including phenoxy) is 1. The van der Waals surface area contributed by atoms with Gasteiger partial charge in [0.2, 0.25) is 5.91 Å². The lowest BCUT2D eigenvalue weighted by Crippen LogP contribution is -2.28. The first-order valence-electron chi connectivity index (χ1n) is 8.02. The number of aromatic nitrogens is 1. The highest BCUT2D eigenvalue weighted by atomic mass is 32.1. The number of anilines is 1. The van der Waals surface area contributed by atoms with Crippen LogP contribution in [0.25, 0.3) is 0 Å². The fourth-order valence-corrected chi connectivity index (χ4v) is 3.39. The molecule has 0 aliphatic heterocycles. The Morgan fingerprint density at radius 2 is 2.00 bits per heavy atom. The Balaban J connectivity index is 2.06. The molecule has 2 rings (SSSR count). The van der Waals surface area contributed by atoms with Gasteiger partial charge in [-0.1, -0.05) is 6.07 Å². The van der Waals surface area contributed by atoms with Gasteiger partial charge < -0.3 is 15.4 Å². The Morgan fingerprint density at radius 1 is 1.24 bits per heavy atom. The van der Waals surface area contributed by atoms with Crippen LogP contribution in [0.2, 0.25) is 0 Å². The van der Waals surface area contributed by atoms with Gasteiger partial charge in [-0.15, -0.1) is 11.3 Å². The van der Waals surface area contributed by atoms with Crippen molar-refractivity contribution in [1.29, 1.82) is 0 Å². The van der Waals surface area contributed by atoms with E-state index in [9.17, 15) is 9.59 Å². The second-order valence-electron chi connectivity index (χ2n) is 5.69. The van der Waals surface area contributed by atoms with E-state index < -0.39 is 0 Å². The molecule has 0 unspecified atom stereocenters. The summed E-state index contributed by atoms with van der Waals surface area (Å²) in [5.74, 6) is -0.300. The molecular weight excluding hydrogens is 338 g/mol. The number of nitrogens with zero attached hydrogens (tertiary/aromatic N) is 1. The molecule has 0 bridgehead atoms. The molecule has 1 aromatic carbocycles. The molecule has 7 heteroatoms. The maximum atomic E-state index is 12.3. The average Bonchev–Trinajstić information content (AvgIpc) is 2.87. The summed E-state index contributed by atoms with van der Waals surface area (Å²) < 4.78 is 4.93. The third-order valence-corrected chi connectivity index (χ3v) is 4.84. The number of aryl methyl sites for hydroxylation is 2. The van der Waals surface area contributed by atoms with Crippen molar-refractivity contribution in [3.63, 3.8) is 0 Å². The van der Waals surface area contributed by atoms with Crippen LogP contribution in [0.1, 0.15) is 31.5 Å². The average molecular weight is 361 g/mol. The topological polar surface area (TPSA) is 80.3 Å². The van der Waals surface area contributed by atoms with E-state index in [4.69, 9.17) is 4.74 Å². The van der Waals surface area contributed by atoms with Crippen LogP contribution in [0.15, 0.2) is 18.2 Å². The first kappa shape index (κ1) is 19.1. The molecule has 2 aromatic rings. The van der Waals surface area contributed by atoms with Gasteiger partial charge in [0.15, 0.2) is 0 Å². The molecule has 6 nitrogen and oxygen atoms in total. The fourth-order valence-electron chi connectivity index (χ4n) is 2.46. The number of hydrogen-bond acceptors (Lipinski definition) is 5. The van der Waals surface area contributed by atoms with Gasteiger partial charge in [0.1, 0.15) is 0 Å². The van der Waals surface area contributed by atoms with Crippen molar-refractivity contribution in [3.8, 4) is 0 Å². The maximum Gasteiger partial charge on any atom is 0.251 e. The minimum absolute atomic E-state index is 0.119. The van der Waals surface area contributed by atoms with Crippen LogP contribution < -0.4 is 10.6 Å². The summed E-state index contributed by atoms with van der Waals surface area (Å²) in [6.45, 7) is 6.55. The monoisotopic (exact) mass is 361 g/mol. The summed E-state index contributed by atoms with van der Waals surface area (Å²) in [7, 11) is 1.58. The molecule has 0 saturated heterocycles. The summed E-state index contributed by atoms with van der Waals surface area (Å²) in [6.07, 6.45) is 0.279. The van der Waals surface area contributed by atoms with E-state index in [1.807, 2.05) is 20.8 Å². The third-order valence-electron chi connectivity index (χ3n) is 3.76. The van der Waals surface area contributed by atoms with Gasteiger partial charge in [-0.3, -0.25) is 9.59 Å². The fraction of sp³-hybridized carbons (Fsp3) is 0.389. The summed E-state index contributed by atoms with van der Waals surface area (Å²) in [4.78, 5) is 29.9. The lowest BCUT2D eigenvalue weighted by Gasteiger charge is -2.12. The van der Waals surface area contributed by atoms with Crippen LogP contribution in [0, 0.1) is 20.8 Å². The predicted molar refractivity (Wildman–Crippen MR) is 99.3 cm³/mol. The van der Waals surface area contributed by atoms with Crippen LogP contribution >= 0.6 is 11.3 Å². The van der Waals surface area contributed by atoms with Gasteiger partial charge in [0.05, 0.1) is 23.7 Å². The molecule has 0 fully saturated rings. The highest BCUT2D eigenvalue weighted by Gasteiger charge is 2.15. The molecule has 1 heterocycles. The molecule has 134 valence electrons. The normalized spacial score (nSPS) is 10.6. The molecular formula is C18H23N3O3S. The lowest BCUT2D eigenvalue weighted by atomic mass is 10.1. The SMILES string of the molecule is COCCNC(=O)c1cccc(NC(=O)Cc2sc(C)nc2C)c1C. The number of hydrogen-bond donors (Lipinski definition) is 2. The van der Waals surface area contributed by atoms with Gasteiger partial charge >= 0.3 is 0 Å². The highest BCUT2D eigenvalue weighted by Crippen LogP contribution is 2.21. The lowest BCUT2D eigenvalue weighted by molar-refractivity contribution is -0.115. The molecule has 0 radical (unpaired) electrons. The zero-order valence-corrected chi connectivity index (χ0v) is 15.8. The Labute approximate surface area is 151 Å². The van der Waals surface area contributed by atoms with Crippen molar-refractivity contribution in [2.45, 2.75) is 27.2 Å². The van der Waals surface area contributed by atoms with E-state index >= 15 is 0 Å². The third kappa shape index (κ3) is 5.11. The number of methoxy groups -OCH3 is 1. The van der Waals surface area contributed by atoms with Crippen molar-refractivity contribution >= 4 is 28.8 Å². The summed E-state index contributed by atoms with van der Waals surface area (Å²) >= 11 is 1.53. The van der Waals surface area contributed by atoms with E-state index in [1.54, 1.807) is 25.3 Å². The van der Waals surface area contributed by atoms with E-state index in [0.29, 0.717) is 24.4 Å². The smallest absolute Gasteiger partial charge is 0.251 e. The summed E-state index contributed by atoms with van der Waals surface area (Å²) in [6, 6.07) is 5.30. The van der Waals surface area contributed by atoms with Crippen LogP contribution in [-0.4, -0.2) is 37.1 Å². The number of thiazole rings is 1. The first-order chi connectivity index (χ1) is 11.9. The van der Waals surface area contributed by atoms with E-state index in [-0.39, 0.29) is 18.2 Å². The second kappa shape index (κ2) is 8.73. The van der Waals surface area contributed by atoms with Gasteiger partial charge in [0.25, 0.3) is 5.91 Å². The molecule has 0 atom stereocenters. The van der Waals surface area contributed by atoms with Crippen molar-refractivity contribution in [2.75, 3.05) is 25.6 Å². The molecule has 0 spiro atoms. The Morgan fingerprint density at radius 3 is 2.64 bits per heavy atom. The van der Waals surface area contributed by atoms with Crippen molar-refractivity contribution < 1.29 is 14.3 Å². The Hall–Kier alpha value is -2.25. The predicted octanol–water partition coefficient (Wildman–Crippen LogP) is 2.63. The van der Waals surface area contributed by atoms with Crippen molar-refractivity contribution in [1.82, 2.24) is 10.3 Å². The molecule has 2 amide bonds. The van der Waals surface area contributed by atoms with Crippen LogP contribution in [-0.2, 0) is 16.0 Å². The zero-order valence-electron chi connectivity index (χ0n) is 14.9. The number of benzene rings is 1. The molecule has 2 N–H and O–H groups in total. The summed E-state index contributed by atoms with van der Waals surface area (Å²) in [5.41, 5.74) is 2.81. The molecule has 25 heavy (non-hydrogen) atoms. The van der Waals surface area contributed by atoms with Gasteiger partial charge in [0, 0.05) is 29.8 Å². The number of nitrogens with one attached hydrogen (secondary N) is 2. The molecule has 0 aliphatic carbocycles. The quantitative estimate of drug-likeness (QED) is 0.743. The standard InChI is InChI=1S/C18H23N3O3S/c1-11-14(18(23)19-8-9-24-4)6-5-7-15(11)21-17(22)10-16-12(2)20-13(3)25-16/h5-7H,8-10H2,1-4H3,(H,19,23)(H,21,22). The largest absolute Gasteiger partial charge is 0.383 e.